The molecule has 122 valence electrons. The molecule has 1 saturated heterocycles. The van der Waals surface area contributed by atoms with E-state index in [2.05, 4.69) is 43.2 Å². The van der Waals surface area contributed by atoms with Gasteiger partial charge in [0.1, 0.15) is 0 Å². The van der Waals surface area contributed by atoms with Crippen LogP contribution < -0.4 is 5.32 Å². The van der Waals surface area contributed by atoms with Crippen LogP contribution in [0.15, 0.2) is 4.99 Å². The lowest BCUT2D eigenvalue weighted by atomic mass is 10.1. The number of hydrogen-bond donors (Lipinski definition) is 1. The molecule has 1 N–H and O–H groups in total. The van der Waals surface area contributed by atoms with E-state index in [1.165, 1.54) is 19.3 Å². The van der Waals surface area contributed by atoms with Gasteiger partial charge in [0.2, 0.25) is 0 Å². The van der Waals surface area contributed by atoms with Crippen molar-refractivity contribution < 1.29 is 4.74 Å². The highest BCUT2D eigenvalue weighted by Gasteiger charge is 2.32. The van der Waals surface area contributed by atoms with E-state index in [4.69, 9.17) is 9.73 Å². The van der Waals surface area contributed by atoms with Gasteiger partial charge in [-0.3, -0.25) is 4.99 Å². The lowest BCUT2D eigenvalue weighted by molar-refractivity contribution is 0.181. The van der Waals surface area contributed by atoms with Crippen LogP contribution in [0.4, 0.5) is 0 Å². The Bertz CT molecular complexity index is 333. The van der Waals surface area contributed by atoms with Crippen LogP contribution in [0.3, 0.4) is 0 Å². The van der Waals surface area contributed by atoms with E-state index >= 15 is 0 Å². The van der Waals surface area contributed by atoms with Crippen LogP contribution in [0.2, 0.25) is 0 Å². The number of rotatable bonds is 7. The SMILES string of the molecule is CCNC(=NCC(C1CC1)N(C)C)N(C)CC1CCOC1. The second kappa shape index (κ2) is 7.99. The minimum Gasteiger partial charge on any atom is -0.381 e. The molecule has 2 unspecified atom stereocenters. The second-order valence-corrected chi connectivity index (χ2v) is 6.67. The maximum atomic E-state index is 5.47. The summed E-state index contributed by atoms with van der Waals surface area (Å²) in [5.41, 5.74) is 0. The molecular weight excluding hydrogens is 264 g/mol. The first-order valence-electron chi connectivity index (χ1n) is 8.35. The van der Waals surface area contributed by atoms with Crippen molar-refractivity contribution in [2.75, 3.05) is 54.0 Å². The van der Waals surface area contributed by atoms with Crippen molar-refractivity contribution >= 4 is 5.96 Å². The van der Waals surface area contributed by atoms with Crippen LogP contribution in [0, 0.1) is 11.8 Å². The van der Waals surface area contributed by atoms with Crippen molar-refractivity contribution in [1.29, 1.82) is 0 Å². The topological polar surface area (TPSA) is 40.1 Å². The van der Waals surface area contributed by atoms with E-state index in [0.717, 1.165) is 44.7 Å². The first kappa shape index (κ1) is 16.6. The van der Waals surface area contributed by atoms with Crippen LogP contribution in [-0.2, 0) is 4.74 Å². The highest BCUT2D eigenvalue weighted by molar-refractivity contribution is 5.79. The van der Waals surface area contributed by atoms with Crippen LogP contribution in [-0.4, -0.2) is 75.8 Å². The van der Waals surface area contributed by atoms with Gasteiger partial charge >= 0.3 is 0 Å². The lowest BCUT2D eigenvalue weighted by Gasteiger charge is -2.27. The summed E-state index contributed by atoms with van der Waals surface area (Å²) in [5, 5.41) is 3.43. The zero-order valence-corrected chi connectivity index (χ0v) is 14.1. The number of guanidine groups is 1. The summed E-state index contributed by atoms with van der Waals surface area (Å²) >= 11 is 0. The number of likely N-dealkylation sites (N-methyl/N-ethyl adjacent to an activating group) is 1. The van der Waals surface area contributed by atoms with E-state index in [0.29, 0.717) is 12.0 Å². The van der Waals surface area contributed by atoms with Gasteiger partial charge in [-0.1, -0.05) is 0 Å². The fourth-order valence-electron chi connectivity index (χ4n) is 3.07. The molecule has 2 atom stereocenters. The minimum absolute atomic E-state index is 0.585. The van der Waals surface area contributed by atoms with Crippen molar-refractivity contribution in [1.82, 2.24) is 15.1 Å². The highest BCUT2D eigenvalue weighted by atomic mass is 16.5. The zero-order valence-electron chi connectivity index (χ0n) is 14.1. The van der Waals surface area contributed by atoms with Gasteiger partial charge in [-0.25, -0.2) is 0 Å². The predicted molar refractivity (Wildman–Crippen MR) is 87.7 cm³/mol. The first-order valence-corrected chi connectivity index (χ1v) is 8.35. The highest BCUT2D eigenvalue weighted by Crippen LogP contribution is 2.34. The second-order valence-electron chi connectivity index (χ2n) is 6.67. The Kier molecular flexibility index (Phi) is 6.30. The molecule has 2 fully saturated rings. The summed E-state index contributed by atoms with van der Waals surface area (Å²) in [4.78, 5) is 9.48. The van der Waals surface area contributed by atoms with Crippen molar-refractivity contribution in [3.8, 4) is 0 Å². The molecule has 0 aromatic heterocycles. The average molecular weight is 296 g/mol. The van der Waals surface area contributed by atoms with Crippen molar-refractivity contribution in [2.24, 2.45) is 16.8 Å². The first-order chi connectivity index (χ1) is 10.1. The monoisotopic (exact) mass is 296 g/mol. The molecule has 0 aromatic carbocycles. The van der Waals surface area contributed by atoms with E-state index in [1.54, 1.807) is 0 Å². The Balaban J connectivity index is 1.90. The molecule has 2 aliphatic rings. The third-order valence-electron chi connectivity index (χ3n) is 4.51. The molecule has 1 aliphatic carbocycles. The number of hydrogen-bond acceptors (Lipinski definition) is 3. The Morgan fingerprint density at radius 3 is 2.57 bits per heavy atom. The Hall–Kier alpha value is -0.810. The number of aliphatic imine (C=N–C) groups is 1. The molecule has 1 heterocycles. The van der Waals surface area contributed by atoms with E-state index < -0.39 is 0 Å². The van der Waals surface area contributed by atoms with Crippen LogP contribution in [0.1, 0.15) is 26.2 Å². The lowest BCUT2D eigenvalue weighted by Crippen LogP contribution is -2.42. The molecular formula is C16H32N4O. The molecule has 0 bridgehead atoms. The molecule has 5 nitrogen and oxygen atoms in total. The quantitative estimate of drug-likeness (QED) is 0.567. The van der Waals surface area contributed by atoms with Crippen LogP contribution >= 0.6 is 0 Å². The van der Waals surface area contributed by atoms with Gasteiger partial charge in [0.25, 0.3) is 0 Å². The van der Waals surface area contributed by atoms with E-state index in [1.807, 2.05) is 0 Å². The van der Waals surface area contributed by atoms with Gasteiger partial charge in [0.05, 0.1) is 13.2 Å². The van der Waals surface area contributed by atoms with Gasteiger partial charge in [-0.05, 0) is 46.2 Å². The van der Waals surface area contributed by atoms with Crippen molar-refractivity contribution in [3.05, 3.63) is 0 Å². The average Bonchev–Trinajstić information content (AvgIpc) is 3.14. The summed E-state index contributed by atoms with van der Waals surface area (Å²) in [6.07, 6.45) is 3.90. The van der Waals surface area contributed by atoms with Crippen LogP contribution in [0.25, 0.3) is 0 Å². The third-order valence-corrected chi connectivity index (χ3v) is 4.51. The van der Waals surface area contributed by atoms with Crippen molar-refractivity contribution in [3.63, 3.8) is 0 Å². The maximum Gasteiger partial charge on any atom is 0.193 e. The number of ether oxygens (including phenoxy) is 1. The van der Waals surface area contributed by atoms with E-state index in [-0.39, 0.29) is 0 Å². The zero-order chi connectivity index (χ0) is 15.2. The largest absolute Gasteiger partial charge is 0.381 e. The predicted octanol–water partition coefficient (Wildman–Crippen LogP) is 1.26. The summed E-state index contributed by atoms with van der Waals surface area (Å²) < 4.78 is 5.47. The van der Waals surface area contributed by atoms with Crippen molar-refractivity contribution in [2.45, 2.75) is 32.2 Å². The van der Waals surface area contributed by atoms with Gasteiger partial charge in [-0.2, -0.15) is 0 Å². The summed E-state index contributed by atoms with van der Waals surface area (Å²) in [7, 11) is 6.48. The molecule has 0 radical (unpaired) electrons. The summed E-state index contributed by atoms with van der Waals surface area (Å²) in [6, 6.07) is 0.585. The van der Waals surface area contributed by atoms with Gasteiger partial charge in [0, 0.05) is 38.7 Å². The molecule has 1 saturated carbocycles. The summed E-state index contributed by atoms with van der Waals surface area (Å²) in [5.74, 6) is 2.53. The Labute approximate surface area is 129 Å². The number of nitrogens with one attached hydrogen (secondary N) is 1. The van der Waals surface area contributed by atoms with Gasteiger partial charge in [-0.15, -0.1) is 0 Å². The van der Waals surface area contributed by atoms with Crippen LogP contribution in [0.5, 0.6) is 0 Å². The molecule has 0 amide bonds. The molecule has 0 aromatic rings. The fraction of sp³-hybridized carbons (Fsp3) is 0.938. The summed E-state index contributed by atoms with van der Waals surface area (Å²) in [6.45, 7) is 6.78. The van der Waals surface area contributed by atoms with Gasteiger partial charge < -0.3 is 19.9 Å². The maximum absolute atomic E-state index is 5.47. The van der Waals surface area contributed by atoms with E-state index in [9.17, 15) is 0 Å². The Morgan fingerprint density at radius 1 is 1.29 bits per heavy atom. The standard InChI is InChI=1S/C16H32N4O/c1-5-17-16(20(4)11-13-8-9-21-12-13)18-10-15(19(2)3)14-6-7-14/h13-15H,5-12H2,1-4H3,(H,17,18). The Morgan fingerprint density at radius 2 is 2.05 bits per heavy atom. The molecule has 0 spiro atoms. The molecule has 2 rings (SSSR count). The fourth-order valence-corrected chi connectivity index (χ4v) is 3.07. The number of nitrogens with zero attached hydrogens (tertiary/aromatic N) is 3. The smallest absolute Gasteiger partial charge is 0.193 e. The third kappa shape index (κ3) is 5.15. The molecule has 21 heavy (non-hydrogen) atoms. The molecule has 5 heteroatoms. The molecule has 1 aliphatic heterocycles. The van der Waals surface area contributed by atoms with Gasteiger partial charge in [0.15, 0.2) is 5.96 Å². The minimum atomic E-state index is 0.585. The normalized spacial score (nSPS) is 24.4.